The van der Waals surface area contributed by atoms with Crippen LogP contribution < -0.4 is 19.5 Å². The van der Waals surface area contributed by atoms with Crippen LogP contribution in [-0.4, -0.2) is 49.7 Å². The summed E-state index contributed by atoms with van der Waals surface area (Å²) in [7, 11) is 4.47. The van der Waals surface area contributed by atoms with Crippen LogP contribution in [-0.2, 0) is 10.2 Å². The highest BCUT2D eigenvalue weighted by atomic mass is 79.9. The van der Waals surface area contributed by atoms with Crippen molar-refractivity contribution in [1.82, 2.24) is 4.90 Å². The van der Waals surface area contributed by atoms with Crippen LogP contribution in [0, 0.1) is 5.92 Å². The van der Waals surface area contributed by atoms with E-state index in [1.165, 1.54) is 21.3 Å². The van der Waals surface area contributed by atoms with Crippen molar-refractivity contribution in [3.8, 4) is 17.2 Å². The first-order valence-corrected chi connectivity index (χ1v) is 15.2. The molecule has 4 aromatic carbocycles. The Morgan fingerprint density at radius 1 is 0.822 bits per heavy atom. The predicted molar refractivity (Wildman–Crippen MR) is 173 cm³/mol. The van der Waals surface area contributed by atoms with Crippen LogP contribution in [0.2, 0.25) is 0 Å². The number of ketones is 2. The number of ether oxygens (including phenoxy) is 3. The Kier molecular flexibility index (Phi) is 7.00. The van der Waals surface area contributed by atoms with Crippen LogP contribution in [0.3, 0.4) is 0 Å². The molecular formula is C36H29BrN2O6. The lowest BCUT2D eigenvalue weighted by atomic mass is 9.63. The Balaban J connectivity index is 1.53. The highest BCUT2D eigenvalue weighted by Gasteiger charge is 2.71. The minimum absolute atomic E-state index is 0.261. The number of nitrogens with zero attached hydrogens (tertiary/aromatic N) is 1. The topological polar surface area (TPSA) is 94.2 Å². The molecule has 4 atom stereocenters. The smallest absolute Gasteiger partial charge is 0.238 e. The molecule has 1 N–H and O–H groups in total. The third-order valence-electron chi connectivity index (χ3n) is 9.20. The number of halogens is 1. The number of carbonyl (C=O) groups excluding carboxylic acids is 3. The number of hydrogen-bond donors (Lipinski definition) is 1. The maximum atomic E-state index is 15.2. The first-order chi connectivity index (χ1) is 21.8. The Labute approximate surface area is 268 Å². The van der Waals surface area contributed by atoms with Crippen LogP contribution in [0.25, 0.3) is 6.08 Å². The minimum atomic E-state index is -1.58. The van der Waals surface area contributed by atoms with E-state index in [1.54, 1.807) is 36.4 Å². The van der Waals surface area contributed by atoms with E-state index in [0.29, 0.717) is 34.1 Å². The normalized spacial score (nSPS) is 22.4. The lowest BCUT2D eigenvalue weighted by molar-refractivity contribution is -0.122. The van der Waals surface area contributed by atoms with Gasteiger partial charge in [-0.15, -0.1) is 0 Å². The van der Waals surface area contributed by atoms with E-state index in [1.807, 2.05) is 65.7 Å². The fourth-order valence-electron chi connectivity index (χ4n) is 7.35. The van der Waals surface area contributed by atoms with Crippen LogP contribution in [0.15, 0.2) is 95.6 Å². The third-order valence-corrected chi connectivity index (χ3v) is 9.73. The monoisotopic (exact) mass is 664 g/mol. The molecule has 3 aliphatic heterocycles. The Bertz CT molecular complexity index is 1880. The van der Waals surface area contributed by atoms with Crippen molar-refractivity contribution in [1.29, 1.82) is 0 Å². The number of carbonyl (C=O) groups is 3. The van der Waals surface area contributed by atoms with Gasteiger partial charge >= 0.3 is 0 Å². The largest absolute Gasteiger partial charge is 0.493 e. The number of methoxy groups -OCH3 is 3. The summed E-state index contributed by atoms with van der Waals surface area (Å²) < 4.78 is 17.5. The van der Waals surface area contributed by atoms with Crippen molar-refractivity contribution < 1.29 is 28.6 Å². The van der Waals surface area contributed by atoms with Crippen molar-refractivity contribution in [2.45, 2.75) is 17.5 Å². The van der Waals surface area contributed by atoms with Gasteiger partial charge in [-0.2, -0.15) is 0 Å². The van der Waals surface area contributed by atoms with Crippen molar-refractivity contribution in [3.63, 3.8) is 0 Å². The van der Waals surface area contributed by atoms with Gasteiger partial charge in [0.05, 0.1) is 33.3 Å². The summed E-state index contributed by atoms with van der Waals surface area (Å²) >= 11 is 3.46. The molecule has 8 nitrogen and oxygen atoms in total. The van der Waals surface area contributed by atoms with E-state index >= 15 is 4.79 Å². The molecule has 3 heterocycles. The summed E-state index contributed by atoms with van der Waals surface area (Å²) in [6.07, 6.45) is 3.79. The number of hydrogen-bond acceptors (Lipinski definition) is 7. The number of para-hydroxylation sites is 1. The Morgan fingerprint density at radius 2 is 1.49 bits per heavy atom. The van der Waals surface area contributed by atoms with Gasteiger partial charge in [-0.1, -0.05) is 70.5 Å². The second kappa shape index (κ2) is 10.9. The zero-order valence-electron chi connectivity index (χ0n) is 24.7. The van der Waals surface area contributed by atoms with Gasteiger partial charge in [0.2, 0.25) is 11.7 Å². The van der Waals surface area contributed by atoms with E-state index in [0.717, 1.165) is 15.6 Å². The third kappa shape index (κ3) is 4.14. The number of amides is 1. The van der Waals surface area contributed by atoms with Crippen molar-refractivity contribution in [2.24, 2.45) is 5.92 Å². The first-order valence-electron chi connectivity index (χ1n) is 14.4. The highest BCUT2D eigenvalue weighted by Crippen LogP contribution is 2.61. The molecule has 1 amide bonds. The Hall–Kier alpha value is -4.89. The van der Waals surface area contributed by atoms with Gasteiger partial charge < -0.3 is 24.4 Å². The summed E-state index contributed by atoms with van der Waals surface area (Å²) in [6.45, 7) is 0. The summed E-state index contributed by atoms with van der Waals surface area (Å²) in [6, 6.07) is 23.7. The van der Waals surface area contributed by atoms with Gasteiger partial charge in [0, 0.05) is 27.5 Å². The molecule has 1 fully saturated rings. The summed E-state index contributed by atoms with van der Waals surface area (Å²) in [5.74, 6) is -1.03. The summed E-state index contributed by atoms with van der Waals surface area (Å²) in [5, 5.41) is 3.04. The van der Waals surface area contributed by atoms with Gasteiger partial charge in [0.1, 0.15) is 11.5 Å². The fraction of sp³-hybridized carbons (Fsp3) is 0.194. The van der Waals surface area contributed by atoms with Gasteiger partial charge in [-0.05, 0) is 53.1 Å². The van der Waals surface area contributed by atoms with E-state index in [9.17, 15) is 9.59 Å². The van der Waals surface area contributed by atoms with Gasteiger partial charge in [-0.3, -0.25) is 14.4 Å². The number of fused-ring (bicyclic) bond motifs is 5. The minimum Gasteiger partial charge on any atom is -0.493 e. The van der Waals surface area contributed by atoms with E-state index in [2.05, 4.69) is 21.2 Å². The average molecular weight is 666 g/mol. The fourth-order valence-corrected chi connectivity index (χ4v) is 7.62. The standard InChI is InChI=1S/C36H29BrN2O6/c1-43-27-18-22(19-28(44-2)33(27)45-3)31(40)29-30-24-9-5-4-8-20(24)16-17-39(30)34(32(41)21-12-14-23(37)15-13-21)36(29)25-10-6-7-11-26(25)38-35(36)42/h4-19,29-30,34H,1-3H3,(H,38,42)/t29-,30-,34+,36-/m0/s1. The molecule has 3 aliphatic rings. The molecule has 0 aliphatic carbocycles. The molecule has 45 heavy (non-hydrogen) atoms. The molecule has 0 saturated carbocycles. The maximum Gasteiger partial charge on any atom is 0.238 e. The zero-order valence-corrected chi connectivity index (χ0v) is 26.3. The zero-order chi connectivity index (χ0) is 31.5. The van der Waals surface area contributed by atoms with E-state index in [4.69, 9.17) is 14.2 Å². The SMILES string of the molecule is COc1cc(C(=O)[C@@H]2[C@@H]3c4ccccc4C=CN3[C@H](C(=O)c3ccc(Br)cc3)[C@@]23C(=O)Nc2ccccc23)cc(OC)c1OC. The predicted octanol–water partition coefficient (Wildman–Crippen LogP) is 6.46. The highest BCUT2D eigenvalue weighted by molar-refractivity contribution is 9.10. The van der Waals surface area contributed by atoms with Gasteiger partial charge in [-0.25, -0.2) is 0 Å². The number of Topliss-reactive ketones (excluding diaryl/α,β-unsaturated/α-hetero) is 2. The Morgan fingerprint density at radius 3 is 2.18 bits per heavy atom. The molecule has 0 bridgehead atoms. The molecule has 7 rings (SSSR count). The lowest BCUT2D eigenvalue weighted by Gasteiger charge is -2.35. The molecule has 0 radical (unpaired) electrons. The van der Waals surface area contributed by atoms with Crippen molar-refractivity contribution >= 4 is 45.2 Å². The van der Waals surface area contributed by atoms with Gasteiger partial charge in [0.15, 0.2) is 23.1 Å². The average Bonchev–Trinajstić information content (AvgIpc) is 3.55. The maximum absolute atomic E-state index is 15.2. The molecule has 9 heteroatoms. The molecule has 1 spiro atoms. The van der Waals surface area contributed by atoms with Crippen LogP contribution in [0.5, 0.6) is 17.2 Å². The van der Waals surface area contributed by atoms with E-state index < -0.39 is 29.3 Å². The molecule has 226 valence electrons. The van der Waals surface area contributed by atoms with Crippen molar-refractivity contribution in [2.75, 3.05) is 26.6 Å². The second-order valence-electron chi connectivity index (χ2n) is 11.2. The number of rotatable bonds is 7. The quantitative estimate of drug-likeness (QED) is 0.227. The molecule has 4 aromatic rings. The van der Waals surface area contributed by atoms with Crippen LogP contribution in [0.1, 0.15) is 43.4 Å². The molecule has 1 saturated heterocycles. The van der Waals surface area contributed by atoms with Gasteiger partial charge in [0.25, 0.3) is 0 Å². The number of benzene rings is 4. The van der Waals surface area contributed by atoms with Crippen molar-refractivity contribution in [3.05, 3.63) is 123 Å². The van der Waals surface area contributed by atoms with Crippen LogP contribution >= 0.6 is 15.9 Å². The second-order valence-corrected chi connectivity index (χ2v) is 12.2. The summed E-state index contributed by atoms with van der Waals surface area (Å²) in [4.78, 5) is 46.6. The first kappa shape index (κ1) is 28.9. The summed E-state index contributed by atoms with van der Waals surface area (Å²) in [5.41, 5.74) is 2.09. The molecule has 0 unspecified atom stereocenters. The van der Waals surface area contributed by atoms with E-state index in [-0.39, 0.29) is 17.1 Å². The molecular weight excluding hydrogens is 636 g/mol. The number of anilines is 1. The molecule has 0 aromatic heterocycles. The lowest BCUT2D eigenvalue weighted by Crippen LogP contribution is -2.54. The number of nitrogens with one attached hydrogen (secondary N) is 1. The van der Waals surface area contributed by atoms with Crippen LogP contribution in [0.4, 0.5) is 5.69 Å².